The van der Waals surface area contributed by atoms with Crippen molar-refractivity contribution in [2.45, 2.75) is 26.2 Å². The Morgan fingerprint density at radius 3 is 2.67 bits per heavy atom. The molecule has 0 aromatic heterocycles. The van der Waals surface area contributed by atoms with Crippen LogP contribution in [0.4, 0.5) is 0 Å². The summed E-state index contributed by atoms with van der Waals surface area (Å²) in [6.45, 7) is 3.21. The van der Waals surface area contributed by atoms with E-state index in [1.807, 2.05) is 55.5 Å². The molecule has 2 aromatic carbocycles. The Morgan fingerprint density at radius 1 is 1.08 bits per heavy atom. The fraction of sp³-hybridized carbons (Fsp3) is 0.350. The van der Waals surface area contributed by atoms with Gasteiger partial charge in [0.05, 0.1) is 13.7 Å². The summed E-state index contributed by atoms with van der Waals surface area (Å²) in [5.41, 5.74) is 2.32. The van der Waals surface area contributed by atoms with Crippen LogP contribution in [0.3, 0.4) is 0 Å². The summed E-state index contributed by atoms with van der Waals surface area (Å²) in [5, 5.41) is 2.94. The highest BCUT2D eigenvalue weighted by Gasteiger charge is 2.02. The summed E-state index contributed by atoms with van der Waals surface area (Å²) in [6.07, 6.45) is 1.98. The Balaban J connectivity index is 1.59. The number of carbonyl (C=O) groups excluding carboxylic acids is 1. The van der Waals surface area contributed by atoms with Gasteiger partial charge in [-0.25, -0.2) is 0 Å². The standard InChI is InChI=1S/C20H25NO3/c1-16-6-3-9-19(14-16)24-13-5-10-20(22)21-12-11-17-7-4-8-18(15-17)23-2/h3-4,6-9,14-15H,5,10-13H2,1-2H3,(H,21,22). The van der Waals surface area contributed by atoms with Crippen LogP contribution in [0.1, 0.15) is 24.0 Å². The lowest BCUT2D eigenvalue weighted by atomic mass is 10.1. The number of carbonyl (C=O) groups is 1. The van der Waals surface area contributed by atoms with E-state index in [9.17, 15) is 4.79 Å². The summed E-state index contributed by atoms with van der Waals surface area (Å²) >= 11 is 0. The van der Waals surface area contributed by atoms with Crippen molar-refractivity contribution in [1.29, 1.82) is 0 Å². The molecule has 0 unspecified atom stereocenters. The van der Waals surface area contributed by atoms with E-state index in [4.69, 9.17) is 9.47 Å². The Bertz CT molecular complexity index is 655. The molecule has 0 heterocycles. The SMILES string of the molecule is COc1cccc(CCNC(=O)CCCOc2cccc(C)c2)c1. The van der Waals surface area contributed by atoms with Crippen LogP contribution in [0, 0.1) is 6.92 Å². The summed E-state index contributed by atoms with van der Waals surface area (Å²) in [7, 11) is 1.65. The van der Waals surface area contributed by atoms with Gasteiger partial charge in [-0.05, 0) is 55.2 Å². The molecule has 0 bridgehead atoms. The molecule has 128 valence electrons. The Morgan fingerprint density at radius 2 is 1.88 bits per heavy atom. The van der Waals surface area contributed by atoms with Gasteiger partial charge in [-0.3, -0.25) is 4.79 Å². The first-order chi connectivity index (χ1) is 11.7. The number of ether oxygens (including phenoxy) is 2. The molecule has 4 heteroatoms. The fourth-order valence-corrected chi connectivity index (χ4v) is 2.39. The highest BCUT2D eigenvalue weighted by molar-refractivity contribution is 5.75. The van der Waals surface area contributed by atoms with Gasteiger partial charge in [-0.1, -0.05) is 24.3 Å². The maximum absolute atomic E-state index is 11.8. The second-order valence-electron chi connectivity index (χ2n) is 5.72. The van der Waals surface area contributed by atoms with Crippen LogP contribution in [0.2, 0.25) is 0 Å². The molecular formula is C20H25NO3. The molecule has 0 radical (unpaired) electrons. The van der Waals surface area contributed by atoms with Gasteiger partial charge in [0.1, 0.15) is 11.5 Å². The fourth-order valence-electron chi connectivity index (χ4n) is 2.39. The lowest BCUT2D eigenvalue weighted by molar-refractivity contribution is -0.121. The zero-order valence-corrected chi connectivity index (χ0v) is 14.4. The quantitative estimate of drug-likeness (QED) is 0.717. The summed E-state index contributed by atoms with van der Waals surface area (Å²) in [5.74, 6) is 1.76. The molecule has 0 aliphatic carbocycles. The highest BCUT2D eigenvalue weighted by Crippen LogP contribution is 2.13. The number of aryl methyl sites for hydroxylation is 1. The lowest BCUT2D eigenvalue weighted by Gasteiger charge is -2.08. The molecular weight excluding hydrogens is 302 g/mol. The molecule has 0 saturated carbocycles. The molecule has 0 saturated heterocycles. The molecule has 4 nitrogen and oxygen atoms in total. The minimum absolute atomic E-state index is 0.0609. The number of benzene rings is 2. The van der Waals surface area contributed by atoms with Crippen molar-refractivity contribution in [2.75, 3.05) is 20.3 Å². The predicted octanol–water partition coefficient (Wildman–Crippen LogP) is 3.52. The number of methoxy groups -OCH3 is 1. The van der Waals surface area contributed by atoms with Gasteiger partial charge in [-0.2, -0.15) is 0 Å². The van der Waals surface area contributed by atoms with E-state index in [-0.39, 0.29) is 5.91 Å². The molecule has 1 amide bonds. The number of hydrogen-bond donors (Lipinski definition) is 1. The first kappa shape index (κ1) is 17.9. The third-order valence-corrected chi connectivity index (χ3v) is 3.68. The Kier molecular flexibility index (Phi) is 7.15. The van der Waals surface area contributed by atoms with E-state index < -0.39 is 0 Å². The van der Waals surface area contributed by atoms with Crippen LogP contribution in [0.15, 0.2) is 48.5 Å². The van der Waals surface area contributed by atoms with Crippen molar-refractivity contribution < 1.29 is 14.3 Å². The van der Waals surface area contributed by atoms with Crippen LogP contribution in [0.25, 0.3) is 0 Å². The smallest absolute Gasteiger partial charge is 0.220 e. The molecule has 0 atom stereocenters. The molecule has 0 aliphatic rings. The van der Waals surface area contributed by atoms with E-state index in [0.29, 0.717) is 26.0 Å². The van der Waals surface area contributed by atoms with Gasteiger partial charge >= 0.3 is 0 Å². The van der Waals surface area contributed by atoms with Crippen LogP contribution < -0.4 is 14.8 Å². The number of rotatable bonds is 9. The van der Waals surface area contributed by atoms with Gasteiger partial charge in [-0.15, -0.1) is 0 Å². The van der Waals surface area contributed by atoms with E-state index in [1.54, 1.807) is 7.11 Å². The van der Waals surface area contributed by atoms with Gasteiger partial charge in [0, 0.05) is 13.0 Å². The van der Waals surface area contributed by atoms with Gasteiger partial charge in [0.2, 0.25) is 5.91 Å². The van der Waals surface area contributed by atoms with E-state index in [1.165, 1.54) is 5.56 Å². The van der Waals surface area contributed by atoms with Gasteiger partial charge in [0.15, 0.2) is 0 Å². The minimum atomic E-state index is 0.0609. The Labute approximate surface area is 143 Å². The maximum atomic E-state index is 11.8. The maximum Gasteiger partial charge on any atom is 0.220 e. The average Bonchev–Trinajstić information content (AvgIpc) is 2.59. The molecule has 2 aromatic rings. The first-order valence-electron chi connectivity index (χ1n) is 8.26. The summed E-state index contributed by atoms with van der Waals surface area (Å²) < 4.78 is 10.8. The van der Waals surface area contributed by atoms with E-state index >= 15 is 0 Å². The van der Waals surface area contributed by atoms with Gasteiger partial charge < -0.3 is 14.8 Å². The van der Waals surface area contributed by atoms with E-state index in [0.717, 1.165) is 23.5 Å². The van der Waals surface area contributed by atoms with Crippen LogP contribution in [-0.2, 0) is 11.2 Å². The topological polar surface area (TPSA) is 47.6 Å². The second-order valence-corrected chi connectivity index (χ2v) is 5.72. The van der Waals surface area contributed by atoms with Crippen LogP contribution in [-0.4, -0.2) is 26.2 Å². The van der Waals surface area contributed by atoms with Crippen molar-refractivity contribution in [3.8, 4) is 11.5 Å². The molecule has 0 aliphatic heterocycles. The predicted molar refractivity (Wildman–Crippen MR) is 95.6 cm³/mol. The third kappa shape index (κ3) is 6.32. The van der Waals surface area contributed by atoms with Crippen molar-refractivity contribution in [3.63, 3.8) is 0 Å². The molecule has 0 fully saturated rings. The van der Waals surface area contributed by atoms with Crippen molar-refractivity contribution >= 4 is 5.91 Å². The molecule has 2 rings (SSSR count). The second kappa shape index (κ2) is 9.60. The molecule has 1 N–H and O–H groups in total. The number of amides is 1. The van der Waals surface area contributed by atoms with Crippen LogP contribution in [0.5, 0.6) is 11.5 Å². The third-order valence-electron chi connectivity index (χ3n) is 3.68. The Hall–Kier alpha value is -2.49. The van der Waals surface area contributed by atoms with Crippen molar-refractivity contribution in [1.82, 2.24) is 5.32 Å². The largest absolute Gasteiger partial charge is 0.497 e. The monoisotopic (exact) mass is 327 g/mol. The summed E-state index contributed by atoms with van der Waals surface area (Å²) in [4.78, 5) is 11.8. The zero-order chi connectivity index (χ0) is 17.2. The number of hydrogen-bond acceptors (Lipinski definition) is 3. The average molecular weight is 327 g/mol. The van der Waals surface area contributed by atoms with Crippen molar-refractivity contribution in [3.05, 3.63) is 59.7 Å². The lowest BCUT2D eigenvalue weighted by Crippen LogP contribution is -2.25. The van der Waals surface area contributed by atoms with Crippen molar-refractivity contribution in [2.24, 2.45) is 0 Å². The highest BCUT2D eigenvalue weighted by atomic mass is 16.5. The molecule has 0 spiro atoms. The van der Waals surface area contributed by atoms with Crippen LogP contribution >= 0.6 is 0 Å². The first-order valence-corrected chi connectivity index (χ1v) is 8.26. The molecule has 24 heavy (non-hydrogen) atoms. The zero-order valence-electron chi connectivity index (χ0n) is 14.4. The summed E-state index contributed by atoms with van der Waals surface area (Å²) in [6, 6.07) is 15.8. The minimum Gasteiger partial charge on any atom is -0.497 e. The van der Waals surface area contributed by atoms with E-state index in [2.05, 4.69) is 5.32 Å². The van der Waals surface area contributed by atoms with Gasteiger partial charge in [0.25, 0.3) is 0 Å². The number of nitrogens with one attached hydrogen (secondary N) is 1. The normalized spacial score (nSPS) is 10.2.